The number of hydrogen-bond donors (Lipinski definition) is 2. The molecule has 2 aliphatic rings. The molecule has 2 heterocycles. The van der Waals surface area contributed by atoms with E-state index in [2.05, 4.69) is 0 Å². The van der Waals surface area contributed by atoms with Crippen molar-refractivity contribution in [3.05, 3.63) is 41.1 Å². The topological polar surface area (TPSA) is 145 Å². The van der Waals surface area contributed by atoms with Crippen molar-refractivity contribution in [2.45, 2.75) is 52.9 Å². The highest BCUT2D eigenvalue weighted by atomic mass is 16.7. The summed E-state index contributed by atoms with van der Waals surface area (Å²) in [5.41, 5.74) is 6.48. The lowest BCUT2D eigenvalue weighted by Gasteiger charge is -2.44. The van der Waals surface area contributed by atoms with E-state index in [0.717, 1.165) is 5.56 Å². The summed E-state index contributed by atoms with van der Waals surface area (Å²) >= 11 is 0. The number of fused-ring (bicyclic) bond motifs is 1. The Morgan fingerprint density at radius 3 is 2.38 bits per heavy atom. The summed E-state index contributed by atoms with van der Waals surface area (Å²) in [5, 5.41) is 10.0. The molecule has 10 nitrogen and oxygen atoms in total. The number of β-lactam (4-membered cyclic amide) rings is 1. The van der Waals surface area contributed by atoms with Gasteiger partial charge in [-0.2, -0.15) is 0 Å². The molecule has 0 spiro atoms. The van der Waals surface area contributed by atoms with Crippen LogP contribution in [0.1, 0.15) is 45.2 Å². The molecule has 1 aromatic rings. The second kappa shape index (κ2) is 9.94. The van der Waals surface area contributed by atoms with Crippen LogP contribution in [-0.2, 0) is 40.0 Å². The molecular formula is C24H30N2O8. The second-order valence-corrected chi connectivity index (χ2v) is 9.46. The van der Waals surface area contributed by atoms with Gasteiger partial charge in [-0.3, -0.25) is 14.4 Å². The Hall–Kier alpha value is -3.24. The minimum Gasteiger partial charge on any atom is -0.427 e. The molecule has 2 aliphatic heterocycles. The lowest BCUT2D eigenvalue weighted by atomic mass is 9.82. The standard InChI is InChI=1S/C24H30N2O8/c1-13(27)19-17-9-16(15-7-5-14(6-8-15)10-32-11-18(25)28)20(26(17)21(19)29)22(30)33-12-34-23(31)24(2,3)4/h5-8,13,17,19,27H,9-12H2,1-4H3,(H2,25,28)/t13-,17-,19-/m1/s1. The van der Waals surface area contributed by atoms with Gasteiger partial charge in [-0.25, -0.2) is 4.79 Å². The first-order valence-electron chi connectivity index (χ1n) is 11.0. The Kier molecular flexibility index (Phi) is 7.42. The van der Waals surface area contributed by atoms with Crippen molar-refractivity contribution in [3.8, 4) is 0 Å². The number of aliphatic hydroxyl groups excluding tert-OH is 1. The molecule has 1 aromatic carbocycles. The Morgan fingerprint density at radius 2 is 1.82 bits per heavy atom. The van der Waals surface area contributed by atoms with Crippen molar-refractivity contribution in [2.75, 3.05) is 13.4 Å². The van der Waals surface area contributed by atoms with Crippen LogP contribution < -0.4 is 5.73 Å². The minimum atomic E-state index is -0.858. The quantitative estimate of drug-likeness (QED) is 0.307. The highest BCUT2D eigenvalue weighted by Crippen LogP contribution is 2.47. The Labute approximate surface area is 197 Å². The van der Waals surface area contributed by atoms with Crippen molar-refractivity contribution in [3.63, 3.8) is 0 Å². The van der Waals surface area contributed by atoms with Crippen LogP contribution in [0.4, 0.5) is 0 Å². The fourth-order valence-corrected chi connectivity index (χ4v) is 4.01. The zero-order valence-corrected chi connectivity index (χ0v) is 19.7. The van der Waals surface area contributed by atoms with Gasteiger partial charge in [0.2, 0.25) is 18.6 Å². The van der Waals surface area contributed by atoms with E-state index in [1.165, 1.54) is 4.90 Å². The van der Waals surface area contributed by atoms with E-state index in [-0.39, 0.29) is 30.9 Å². The summed E-state index contributed by atoms with van der Waals surface area (Å²) in [4.78, 5) is 49.8. The zero-order chi connectivity index (χ0) is 25.2. The van der Waals surface area contributed by atoms with Gasteiger partial charge >= 0.3 is 11.9 Å². The largest absolute Gasteiger partial charge is 0.427 e. The van der Waals surface area contributed by atoms with E-state index in [4.69, 9.17) is 19.9 Å². The van der Waals surface area contributed by atoms with Crippen LogP contribution in [0.15, 0.2) is 30.0 Å². The zero-order valence-electron chi connectivity index (χ0n) is 19.7. The van der Waals surface area contributed by atoms with E-state index in [1.807, 2.05) is 0 Å². The molecule has 3 rings (SSSR count). The summed E-state index contributed by atoms with van der Waals surface area (Å²) in [6.07, 6.45) is -0.492. The number of esters is 2. The molecule has 0 unspecified atom stereocenters. The molecule has 10 heteroatoms. The molecule has 3 atom stereocenters. The first-order valence-corrected chi connectivity index (χ1v) is 11.0. The van der Waals surface area contributed by atoms with Crippen LogP contribution in [0.3, 0.4) is 0 Å². The SMILES string of the molecule is C[C@@H](O)[C@H]1C(=O)N2C(C(=O)OCOC(=O)C(C)(C)C)=C(c3ccc(COCC(N)=O)cc3)C[C@H]12. The highest BCUT2D eigenvalue weighted by molar-refractivity contribution is 6.06. The highest BCUT2D eigenvalue weighted by Gasteiger charge is 2.57. The molecule has 0 aliphatic carbocycles. The number of hydrogen-bond acceptors (Lipinski definition) is 8. The van der Waals surface area contributed by atoms with Crippen molar-refractivity contribution < 1.29 is 38.5 Å². The lowest BCUT2D eigenvalue weighted by Crippen LogP contribution is -2.61. The summed E-state index contributed by atoms with van der Waals surface area (Å²) < 4.78 is 15.4. The van der Waals surface area contributed by atoms with Crippen LogP contribution in [0.5, 0.6) is 0 Å². The van der Waals surface area contributed by atoms with Crippen LogP contribution in [0, 0.1) is 11.3 Å². The molecule has 1 fully saturated rings. The van der Waals surface area contributed by atoms with E-state index in [1.54, 1.807) is 52.0 Å². The second-order valence-electron chi connectivity index (χ2n) is 9.46. The van der Waals surface area contributed by atoms with Gasteiger partial charge in [-0.15, -0.1) is 0 Å². The van der Waals surface area contributed by atoms with Crippen LogP contribution in [0.25, 0.3) is 5.57 Å². The summed E-state index contributed by atoms with van der Waals surface area (Å²) in [5.74, 6) is -2.84. The average molecular weight is 475 g/mol. The molecule has 0 aromatic heterocycles. The monoisotopic (exact) mass is 474 g/mol. The molecule has 0 saturated carbocycles. The van der Waals surface area contributed by atoms with Crippen molar-refractivity contribution in [1.82, 2.24) is 4.90 Å². The number of benzene rings is 1. The van der Waals surface area contributed by atoms with Crippen LogP contribution in [-0.4, -0.2) is 59.3 Å². The first-order chi connectivity index (χ1) is 15.9. The lowest BCUT2D eigenvalue weighted by molar-refractivity contribution is -0.175. The third-order valence-electron chi connectivity index (χ3n) is 5.73. The number of carbonyl (C=O) groups excluding carboxylic acids is 4. The third-order valence-corrected chi connectivity index (χ3v) is 5.73. The number of ether oxygens (including phenoxy) is 3. The number of amides is 2. The van der Waals surface area contributed by atoms with Gasteiger partial charge in [-0.05, 0) is 50.8 Å². The summed E-state index contributed by atoms with van der Waals surface area (Å²) in [7, 11) is 0. The predicted octanol–water partition coefficient (Wildman–Crippen LogP) is 1.10. The molecule has 1 saturated heterocycles. The molecule has 3 N–H and O–H groups in total. The van der Waals surface area contributed by atoms with E-state index in [9.17, 15) is 24.3 Å². The maximum atomic E-state index is 13.0. The molecular weight excluding hydrogens is 444 g/mol. The maximum absolute atomic E-state index is 13.0. The molecule has 0 bridgehead atoms. The molecule has 2 amide bonds. The number of rotatable bonds is 9. The molecule has 34 heavy (non-hydrogen) atoms. The van der Waals surface area contributed by atoms with Gasteiger partial charge in [-0.1, -0.05) is 24.3 Å². The molecule has 184 valence electrons. The van der Waals surface area contributed by atoms with Gasteiger partial charge in [0.05, 0.1) is 30.1 Å². The number of aliphatic hydroxyl groups is 1. The third kappa shape index (κ3) is 5.28. The van der Waals surface area contributed by atoms with Gasteiger partial charge in [0.15, 0.2) is 0 Å². The summed E-state index contributed by atoms with van der Waals surface area (Å²) in [6.45, 7) is 6.00. The van der Waals surface area contributed by atoms with Gasteiger partial charge in [0.25, 0.3) is 0 Å². The van der Waals surface area contributed by atoms with Crippen molar-refractivity contribution >= 4 is 29.3 Å². The van der Waals surface area contributed by atoms with Crippen LogP contribution >= 0.6 is 0 Å². The number of primary amides is 1. The van der Waals surface area contributed by atoms with E-state index >= 15 is 0 Å². The van der Waals surface area contributed by atoms with Crippen molar-refractivity contribution in [2.24, 2.45) is 17.1 Å². The van der Waals surface area contributed by atoms with Gasteiger partial charge < -0.3 is 30.0 Å². The Bertz CT molecular complexity index is 1010. The van der Waals surface area contributed by atoms with Gasteiger partial charge in [0.1, 0.15) is 12.3 Å². The minimum absolute atomic E-state index is 0.0800. The Morgan fingerprint density at radius 1 is 1.18 bits per heavy atom. The van der Waals surface area contributed by atoms with E-state index < -0.39 is 42.1 Å². The van der Waals surface area contributed by atoms with Gasteiger partial charge in [0, 0.05) is 0 Å². The number of carbonyl (C=O) groups is 4. The van der Waals surface area contributed by atoms with Crippen molar-refractivity contribution in [1.29, 1.82) is 0 Å². The molecule has 0 radical (unpaired) electrons. The maximum Gasteiger partial charge on any atom is 0.358 e. The van der Waals surface area contributed by atoms with E-state index in [0.29, 0.717) is 17.6 Å². The normalized spacial score (nSPS) is 20.5. The first kappa shape index (κ1) is 25.4. The Balaban J connectivity index is 1.80. The average Bonchev–Trinajstić information content (AvgIpc) is 3.08. The fourth-order valence-electron chi connectivity index (χ4n) is 4.01. The smallest absolute Gasteiger partial charge is 0.358 e. The number of nitrogens with zero attached hydrogens (tertiary/aromatic N) is 1. The number of nitrogens with two attached hydrogens (primary N) is 1. The summed E-state index contributed by atoms with van der Waals surface area (Å²) in [6, 6.07) is 6.75. The predicted molar refractivity (Wildman–Crippen MR) is 119 cm³/mol. The van der Waals surface area contributed by atoms with Crippen LogP contribution in [0.2, 0.25) is 0 Å². The fraction of sp³-hybridized carbons (Fsp3) is 0.500.